The molecule has 0 aliphatic heterocycles. The second-order valence-corrected chi connectivity index (χ2v) is 6.16. The normalized spacial score (nSPS) is 14.8. The summed E-state index contributed by atoms with van der Waals surface area (Å²) < 4.78 is 0. The molecule has 0 aliphatic carbocycles. The van der Waals surface area contributed by atoms with Gasteiger partial charge in [-0.3, -0.25) is 0 Å². The first-order chi connectivity index (χ1) is 8.15. The molecule has 2 atom stereocenters. The highest BCUT2D eigenvalue weighted by atomic mass is 32.2. The van der Waals surface area contributed by atoms with Crippen molar-refractivity contribution in [2.45, 2.75) is 36.5 Å². The van der Waals surface area contributed by atoms with Crippen molar-refractivity contribution in [1.29, 1.82) is 0 Å². The minimum Gasteiger partial charge on any atom is -0.328 e. The van der Waals surface area contributed by atoms with Gasteiger partial charge in [0.1, 0.15) is 0 Å². The van der Waals surface area contributed by atoms with Crippen LogP contribution in [0.4, 0.5) is 0 Å². The summed E-state index contributed by atoms with van der Waals surface area (Å²) in [7, 11) is 0. The molecule has 90 valence electrons. The van der Waals surface area contributed by atoms with E-state index in [9.17, 15) is 0 Å². The third kappa shape index (κ3) is 3.48. The van der Waals surface area contributed by atoms with Gasteiger partial charge in [0.05, 0.1) is 0 Å². The van der Waals surface area contributed by atoms with E-state index in [1.807, 2.05) is 11.8 Å². The maximum atomic E-state index is 5.82. The molecule has 0 bridgehead atoms. The summed E-state index contributed by atoms with van der Waals surface area (Å²) in [5.74, 6) is 0. The molecule has 0 heterocycles. The average molecular weight is 245 g/mol. The molecular weight excluding hydrogens is 226 g/mol. The van der Waals surface area contributed by atoms with E-state index in [2.05, 4.69) is 56.3 Å². The number of thioether (sulfide) groups is 1. The van der Waals surface area contributed by atoms with Crippen molar-refractivity contribution in [3.05, 3.63) is 42.5 Å². The molecule has 0 saturated carbocycles. The van der Waals surface area contributed by atoms with E-state index in [4.69, 9.17) is 5.73 Å². The summed E-state index contributed by atoms with van der Waals surface area (Å²) in [6.45, 7) is 4.31. The number of benzene rings is 2. The highest BCUT2D eigenvalue weighted by Gasteiger charge is 2.07. The van der Waals surface area contributed by atoms with E-state index in [-0.39, 0.29) is 6.04 Å². The first-order valence-corrected chi connectivity index (χ1v) is 6.94. The Morgan fingerprint density at radius 1 is 1.06 bits per heavy atom. The van der Waals surface area contributed by atoms with Crippen molar-refractivity contribution >= 4 is 22.5 Å². The predicted molar refractivity (Wildman–Crippen MR) is 77.5 cm³/mol. The lowest BCUT2D eigenvalue weighted by Crippen LogP contribution is -2.19. The van der Waals surface area contributed by atoms with Gasteiger partial charge in [0.15, 0.2) is 0 Å². The fourth-order valence-corrected chi connectivity index (χ4v) is 3.25. The molecule has 0 aromatic heterocycles. The first kappa shape index (κ1) is 12.5. The van der Waals surface area contributed by atoms with Crippen LogP contribution in [-0.4, -0.2) is 11.3 Å². The van der Waals surface area contributed by atoms with Gasteiger partial charge in [0, 0.05) is 16.2 Å². The molecule has 2 rings (SSSR count). The van der Waals surface area contributed by atoms with Crippen LogP contribution in [-0.2, 0) is 0 Å². The lowest BCUT2D eigenvalue weighted by atomic mass is 10.1. The van der Waals surface area contributed by atoms with Crippen molar-refractivity contribution in [2.75, 3.05) is 0 Å². The van der Waals surface area contributed by atoms with Crippen molar-refractivity contribution in [3.63, 3.8) is 0 Å². The average Bonchev–Trinajstić information content (AvgIpc) is 2.27. The van der Waals surface area contributed by atoms with Gasteiger partial charge in [-0.1, -0.05) is 37.3 Å². The lowest BCUT2D eigenvalue weighted by molar-refractivity contribution is 0.663. The monoisotopic (exact) mass is 245 g/mol. The summed E-state index contributed by atoms with van der Waals surface area (Å²) >= 11 is 1.91. The van der Waals surface area contributed by atoms with Crippen LogP contribution < -0.4 is 5.73 Å². The molecule has 2 aromatic carbocycles. The van der Waals surface area contributed by atoms with E-state index in [1.165, 1.54) is 15.7 Å². The second-order valence-electron chi connectivity index (χ2n) is 4.65. The zero-order valence-electron chi connectivity index (χ0n) is 10.4. The van der Waals surface area contributed by atoms with E-state index in [1.54, 1.807) is 0 Å². The minimum absolute atomic E-state index is 0.276. The standard InChI is InChI=1S/C15H19NS/c1-11(16)9-12(2)17-15-8-7-13-5-3-4-6-14(13)10-15/h3-8,10-12H,9,16H2,1-2H3. The Bertz CT molecular complexity index is 493. The van der Waals surface area contributed by atoms with Gasteiger partial charge < -0.3 is 5.73 Å². The van der Waals surface area contributed by atoms with Crippen LogP contribution >= 0.6 is 11.8 Å². The topological polar surface area (TPSA) is 26.0 Å². The molecule has 0 spiro atoms. The highest BCUT2D eigenvalue weighted by Crippen LogP contribution is 2.28. The van der Waals surface area contributed by atoms with Crippen LogP contribution in [0.25, 0.3) is 10.8 Å². The Labute approximate surface area is 107 Å². The third-order valence-corrected chi connectivity index (χ3v) is 3.88. The van der Waals surface area contributed by atoms with Gasteiger partial charge in [-0.15, -0.1) is 11.8 Å². The zero-order valence-corrected chi connectivity index (χ0v) is 11.2. The van der Waals surface area contributed by atoms with E-state index in [0.717, 1.165) is 6.42 Å². The fraction of sp³-hybridized carbons (Fsp3) is 0.333. The van der Waals surface area contributed by atoms with Crippen LogP contribution in [0.3, 0.4) is 0 Å². The summed E-state index contributed by atoms with van der Waals surface area (Å²) in [5.41, 5.74) is 5.82. The van der Waals surface area contributed by atoms with Crippen LogP contribution in [0, 0.1) is 0 Å². The summed E-state index contributed by atoms with van der Waals surface area (Å²) in [4.78, 5) is 1.33. The Hall–Kier alpha value is -0.990. The van der Waals surface area contributed by atoms with Crippen molar-refractivity contribution in [3.8, 4) is 0 Å². The SMILES string of the molecule is CC(N)CC(C)Sc1ccc2ccccc2c1. The number of fused-ring (bicyclic) bond motifs is 1. The molecule has 2 aromatic rings. The van der Waals surface area contributed by atoms with E-state index in [0.29, 0.717) is 5.25 Å². The van der Waals surface area contributed by atoms with Crippen LogP contribution in [0.1, 0.15) is 20.3 Å². The Kier molecular flexibility index (Phi) is 4.08. The molecule has 0 radical (unpaired) electrons. The van der Waals surface area contributed by atoms with Crippen LogP contribution in [0.5, 0.6) is 0 Å². The van der Waals surface area contributed by atoms with Crippen LogP contribution in [0.15, 0.2) is 47.4 Å². The Balaban J connectivity index is 2.14. The Morgan fingerprint density at radius 2 is 1.76 bits per heavy atom. The third-order valence-electron chi connectivity index (χ3n) is 2.76. The molecule has 0 saturated heterocycles. The molecular formula is C15H19NS. The molecule has 2 unspecified atom stereocenters. The minimum atomic E-state index is 0.276. The molecule has 0 aliphatic rings. The van der Waals surface area contributed by atoms with Crippen LogP contribution in [0.2, 0.25) is 0 Å². The van der Waals surface area contributed by atoms with Gasteiger partial charge >= 0.3 is 0 Å². The predicted octanol–water partition coefficient (Wildman–Crippen LogP) is 4.06. The molecule has 0 fully saturated rings. The first-order valence-electron chi connectivity index (χ1n) is 6.06. The lowest BCUT2D eigenvalue weighted by Gasteiger charge is -2.13. The zero-order chi connectivity index (χ0) is 12.3. The number of rotatable bonds is 4. The number of hydrogen-bond donors (Lipinski definition) is 1. The Morgan fingerprint density at radius 3 is 2.47 bits per heavy atom. The van der Waals surface area contributed by atoms with Crippen molar-refractivity contribution in [2.24, 2.45) is 5.73 Å². The summed E-state index contributed by atoms with van der Waals surface area (Å²) in [6, 6.07) is 15.4. The van der Waals surface area contributed by atoms with E-state index < -0.39 is 0 Å². The molecule has 0 amide bonds. The van der Waals surface area contributed by atoms with E-state index >= 15 is 0 Å². The molecule has 17 heavy (non-hydrogen) atoms. The molecule has 1 nitrogen and oxygen atoms in total. The van der Waals surface area contributed by atoms with Gasteiger partial charge in [-0.2, -0.15) is 0 Å². The molecule has 2 heteroatoms. The van der Waals surface area contributed by atoms with Gasteiger partial charge in [-0.25, -0.2) is 0 Å². The quantitative estimate of drug-likeness (QED) is 0.822. The summed E-state index contributed by atoms with van der Waals surface area (Å²) in [6.07, 6.45) is 1.05. The van der Waals surface area contributed by atoms with Gasteiger partial charge in [0.25, 0.3) is 0 Å². The second kappa shape index (κ2) is 5.56. The van der Waals surface area contributed by atoms with Gasteiger partial charge in [0.2, 0.25) is 0 Å². The smallest absolute Gasteiger partial charge is 0.00810 e. The highest BCUT2D eigenvalue weighted by molar-refractivity contribution is 8.00. The largest absolute Gasteiger partial charge is 0.328 e. The maximum absolute atomic E-state index is 5.82. The fourth-order valence-electron chi connectivity index (χ4n) is 2.04. The summed E-state index contributed by atoms with van der Waals surface area (Å²) in [5, 5.41) is 3.18. The van der Waals surface area contributed by atoms with Gasteiger partial charge in [-0.05, 0) is 36.2 Å². The number of hydrogen-bond acceptors (Lipinski definition) is 2. The molecule has 2 N–H and O–H groups in total. The maximum Gasteiger partial charge on any atom is 0.00810 e. The van der Waals surface area contributed by atoms with Crippen molar-refractivity contribution < 1.29 is 0 Å². The number of nitrogens with two attached hydrogens (primary N) is 1. The van der Waals surface area contributed by atoms with Crippen molar-refractivity contribution in [1.82, 2.24) is 0 Å².